The fourth-order valence-electron chi connectivity index (χ4n) is 1.96. The highest BCUT2D eigenvalue weighted by Crippen LogP contribution is 2.25. The summed E-state index contributed by atoms with van der Waals surface area (Å²) in [7, 11) is 0. The first kappa shape index (κ1) is 12.8. The maximum Gasteiger partial charge on any atom is 0.254 e. The maximum absolute atomic E-state index is 13.7. The van der Waals surface area contributed by atoms with Crippen LogP contribution in [0.4, 0.5) is 10.2 Å². The quantitative estimate of drug-likeness (QED) is 0.827. The van der Waals surface area contributed by atoms with E-state index in [1.165, 1.54) is 12.3 Å². The molecule has 0 spiro atoms. The van der Waals surface area contributed by atoms with Crippen molar-refractivity contribution >= 4 is 11.7 Å². The van der Waals surface area contributed by atoms with E-state index >= 15 is 0 Å². The molecule has 0 saturated carbocycles. The largest absolute Gasteiger partial charge is 0.381 e. The number of nitrogens with two attached hydrogens (primary N) is 1. The molecule has 1 aromatic rings. The van der Waals surface area contributed by atoms with Crippen LogP contribution in [0.2, 0.25) is 0 Å². The SMILES string of the molecule is CC1OCCC1(C)NC(=O)c1ccnc(N)c1F. The van der Waals surface area contributed by atoms with Crippen LogP contribution in [0, 0.1) is 5.82 Å². The summed E-state index contributed by atoms with van der Waals surface area (Å²) in [5, 5.41) is 2.80. The van der Waals surface area contributed by atoms with E-state index in [1.54, 1.807) is 0 Å². The average Bonchev–Trinajstić information content (AvgIpc) is 2.62. The van der Waals surface area contributed by atoms with Gasteiger partial charge in [0.05, 0.1) is 17.2 Å². The number of nitrogens with zero attached hydrogens (tertiary/aromatic N) is 1. The van der Waals surface area contributed by atoms with Gasteiger partial charge in [-0.2, -0.15) is 0 Å². The monoisotopic (exact) mass is 253 g/mol. The second-order valence-electron chi connectivity index (χ2n) is 4.69. The van der Waals surface area contributed by atoms with Crippen molar-refractivity contribution in [3.8, 4) is 0 Å². The number of nitrogens with one attached hydrogen (secondary N) is 1. The smallest absolute Gasteiger partial charge is 0.254 e. The second kappa shape index (κ2) is 4.53. The number of aromatic nitrogens is 1. The molecule has 98 valence electrons. The molecular formula is C12H16FN3O2. The Labute approximate surface area is 105 Å². The zero-order valence-corrected chi connectivity index (χ0v) is 10.4. The lowest BCUT2D eigenvalue weighted by molar-refractivity contribution is 0.0724. The fourth-order valence-corrected chi connectivity index (χ4v) is 1.96. The number of hydrogen-bond donors (Lipinski definition) is 2. The normalized spacial score (nSPS) is 27.2. The summed E-state index contributed by atoms with van der Waals surface area (Å²) in [4.78, 5) is 15.6. The Morgan fingerprint density at radius 3 is 3.06 bits per heavy atom. The van der Waals surface area contributed by atoms with Crippen molar-refractivity contribution in [1.29, 1.82) is 0 Å². The Morgan fingerprint density at radius 2 is 2.44 bits per heavy atom. The summed E-state index contributed by atoms with van der Waals surface area (Å²) < 4.78 is 19.1. The van der Waals surface area contributed by atoms with E-state index in [0.29, 0.717) is 13.0 Å². The number of hydrogen-bond acceptors (Lipinski definition) is 4. The van der Waals surface area contributed by atoms with Gasteiger partial charge in [-0.05, 0) is 26.3 Å². The van der Waals surface area contributed by atoms with Gasteiger partial charge in [-0.25, -0.2) is 9.37 Å². The first-order valence-electron chi connectivity index (χ1n) is 5.78. The molecule has 1 aromatic heterocycles. The molecule has 2 unspecified atom stereocenters. The maximum atomic E-state index is 13.7. The van der Waals surface area contributed by atoms with E-state index in [0.717, 1.165) is 0 Å². The summed E-state index contributed by atoms with van der Waals surface area (Å²) in [5.41, 5.74) is 4.76. The summed E-state index contributed by atoms with van der Waals surface area (Å²) in [5.74, 6) is -1.56. The van der Waals surface area contributed by atoms with Gasteiger partial charge in [-0.15, -0.1) is 0 Å². The Bertz CT molecular complexity index is 480. The number of nitrogen functional groups attached to an aromatic ring is 1. The van der Waals surface area contributed by atoms with Gasteiger partial charge in [0.15, 0.2) is 11.6 Å². The Morgan fingerprint density at radius 1 is 1.72 bits per heavy atom. The van der Waals surface area contributed by atoms with Crippen LogP contribution in [0.1, 0.15) is 30.6 Å². The minimum Gasteiger partial charge on any atom is -0.381 e. The van der Waals surface area contributed by atoms with Gasteiger partial charge < -0.3 is 15.8 Å². The van der Waals surface area contributed by atoms with Crippen LogP contribution in [0.5, 0.6) is 0 Å². The summed E-state index contributed by atoms with van der Waals surface area (Å²) in [6.07, 6.45) is 1.90. The molecule has 1 saturated heterocycles. The van der Waals surface area contributed by atoms with Gasteiger partial charge >= 0.3 is 0 Å². The number of rotatable bonds is 2. The number of anilines is 1. The summed E-state index contributed by atoms with van der Waals surface area (Å²) in [6, 6.07) is 1.31. The first-order valence-corrected chi connectivity index (χ1v) is 5.78. The van der Waals surface area contributed by atoms with Gasteiger partial charge in [-0.3, -0.25) is 4.79 Å². The number of carbonyl (C=O) groups excluding carboxylic acids is 1. The van der Waals surface area contributed by atoms with Crippen molar-refractivity contribution in [3.05, 3.63) is 23.6 Å². The van der Waals surface area contributed by atoms with Crippen molar-refractivity contribution in [1.82, 2.24) is 10.3 Å². The molecule has 1 aliphatic rings. The Balaban J connectivity index is 2.20. The Kier molecular flexibility index (Phi) is 3.21. The van der Waals surface area contributed by atoms with Crippen molar-refractivity contribution in [2.45, 2.75) is 31.9 Å². The summed E-state index contributed by atoms with van der Waals surface area (Å²) >= 11 is 0. The molecule has 2 atom stereocenters. The standard InChI is InChI=1S/C12H16FN3O2/c1-7-12(2,4-6-18-7)16-11(17)8-3-5-15-10(14)9(8)13/h3,5,7H,4,6H2,1-2H3,(H2,14,15)(H,16,17). The third-order valence-corrected chi connectivity index (χ3v) is 3.45. The molecule has 1 fully saturated rings. The first-order chi connectivity index (χ1) is 8.44. The number of pyridine rings is 1. The minimum absolute atomic E-state index is 0.0946. The lowest BCUT2D eigenvalue weighted by atomic mass is 9.94. The van der Waals surface area contributed by atoms with Gasteiger partial charge in [-0.1, -0.05) is 0 Å². The second-order valence-corrected chi connectivity index (χ2v) is 4.69. The van der Waals surface area contributed by atoms with E-state index in [2.05, 4.69) is 10.3 Å². The minimum atomic E-state index is -0.787. The average molecular weight is 253 g/mol. The van der Waals surface area contributed by atoms with Gasteiger partial charge in [0.2, 0.25) is 0 Å². The highest BCUT2D eigenvalue weighted by atomic mass is 19.1. The molecule has 0 bridgehead atoms. The van der Waals surface area contributed by atoms with Crippen LogP contribution in [0.15, 0.2) is 12.3 Å². The fraction of sp³-hybridized carbons (Fsp3) is 0.500. The lowest BCUT2D eigenvalue weighted by Crippen LogP contribution is -2.50. The van der Waals surface area contributed by atoms with Crippen LogP contribution >= 0.6 is 0 Å². The third kappa shape index (κ3) is 2.15. The van der Waals surface area contributed by atoms with E-state index < -0.39 is 17.3 Å². The zero-order valence-electron chi connectivity index (χ0n) is 10.4. The van der Waals surface area contributed by atoms with Crippen molar-refractivity contribution < 1.29 is 13.9 Å². The number of carbonyl (C=O) groups is 1. The van der Waals surface area contributed by atoms with Crippen LogP contribution in [0.3, 0.4) is 0 Å². The van der Waals surface area contributed by atoms with Gasteiger partial charge in [0, 0.05) is 12.8 Å². The zero-order chi connectivity index (χ0) is 13.3. The topological polar surface area (TPSA) is 77.2 Å². The van der Waals surface area contributed by atoms with Gasteiger partial charge in [0.1, 0.15) is 0 Å². The predicted molar refractivity (Wildman–Crippen MR) is 64.5 cm³/mol. The van der Waals surface area contributed by atoms with E-state index in [9.17, 15) is 9.18 Å². The van der Waals surface area contributed by atoms with E-state index in [-0.39, 0.29) is 17.5 Å². The molecule has 3 N–H and O–H groups in total. The molecular weight excluding hydrogens is 237 g/mol. The highest BCUT2D eigenvalue weighted by molar-refractivity contribution is 5.95. The van der Waals surface area contributed by atoms with Crippen molar-refractivity contribution in [3.63, 3.8) is 0 Å². The van der Waals surface area contributed by atoms with Crippen LogP contribution in [-0.4, -0.2) is 29.1 Å². The van der Waals surface area contributed by atoms with Crippen LogP contribution in [-0.2, 0) is 4.74 Å². The molecule has 18 heavy (non-hydrogen) atoms. The molecule has 0 aromatic carbocycles. The van der Waals surface area contributed by atoms with Crippen LogP contribution in [0.25, 0.3) is 0 Å². The predicted octanol–water partition coefficient (Wildman–Crippen LogP) is 1.10. The van der Waals surface area contributed by atoms with E-state index in [1.807, 2.05) is 13.8 Å². The van der Waals surface area contributed by atoms with Gasteiger partial charge in [0.25, 0.3) is 5.91 Å². The number of halogens is 1. The Hall–Kier alpha value is -1.69. The molecule has 6 heteroatoms. The van der Waals surface area contributed by atoms with Crippen LogP contribution < -0.4 is 11.1 Å². The molecule has 2 heterocycles. The van der Waals surface area contributed by atoms with Crippen molar-refractivity contribution in [2.24, 2.45) is 0 Å². The molecule has 1 aliphatic heterocycles. The molecule has 0 aliphatic carbocycles. The number of amides is 1. The lowest BCUT2D eigenvalue weighted by Gasteiger charge is -2.28. The highest BCUT2D eigenvalue weighted by Gasteiger charge is 2.38. The summed E-state index contributed by atoms with van der Waals surface area (Å²) in [6.45, 7) is 4.34. The van der Waals surface area contributed by atoms with E-state index in [4.69, 9.17) is 10.5 Å². The number of ether oxygens (including phenoxy) is 1. The molecule has 5 nitrogen and oxygen atoms in total. The molecule has 1 amide bonds. The molecule has 0 radical (unpaired) electrons. The van der Waals surface area contributed by atoms with Crippen molar-refractivity contribution in [2.75, 3.05) is 12.3 Å². The molecule has 2 rings (SSSR count). The third-order valence-electron chi connectivity index (χ3n) is 3.45.